The van der Waals surface area contributed by atoms with Gasteiger partial charge in [-0.15, -0.1) is 0 Å². The second-order valence-corrected chi connectivity index (χ2v) is 18.0. The zero-order chi connectivity index (χ0) is 48.3. The van der Waals surface area contributed by atoms with Crippen molar-refractivity contribution in [3.63, 3.8) is 0 Å². The molecule has 2 nitrogen and oxygen atoms in total. The van der Waals surface area contributed by atoms with Crippen LogP contribution in [0.5, 0.6) is 0 Å². The minimum atomic E-state index is -0.728. The predicted molar refractivity (Wildman–Crippen MR) is 275 cm³/mol. The molecule has 3 aliphatic carbocycles. The average molecular weight is 848 g/mol. The van der Waals surface area contributed by atoms with E-state index < -0.39 is 11.5 Å². The average Bonchev–Trinajstić information content (AvgIpc) is 3.97. The van der Waals surface area contributed by atoms with Gasteiger partial charge in [0.15, 0.2) is 0 Å². The van der Waals surface area contributed by atoms with E-state index in [4.69, 9.17) is 4.11 Å². The Morgan fingerprint density at radius 3 is 1.39 bits per heavy atom. The molecular weight excluding hydrogens is 797 g/mol. The van der Waals surface area contributed by atoms with Gasteiger partial charge in [0.25, 0.3) is 0 Å². The van der Waals surface area contributed by atoms with Gasteiger partial charge in [-0.05, 0) is 127 Å². The highest BCUT2D eigenvalue weighted by Crippen LogP contribution is 2.64. The van der Waals surface area contributed by atoms with E-state index in [9.17, 15) is 2.74 Å². The number of hydrogen-bond donors (Lipinski definition) is 0. The second-order valence-electron chi connectivity index (χ2n) is 18.0. The summed E-state index contributed by atoms with van der Waals surface area (Å²) in [6.45, 7) is 4.56. The maximum Gasteiger partial charge on any atom is 0.0727 e. The molecule has 10 aromatic carbocycles. The maximum atomic E-state index is 9.28. The third-order valence-electron chi connectivity index (χ3n) is 14.3. The van der Waals surface area contributed by atoms with Crippen molar-refractivity contribution in [1.82, 2.24) is 0 Å². The van der Waals surface area contributed by atoms with Crippen LogP contribution in [0, 0.1) is 0 Å². The molecule has 0 aromatic heterocycles. The first-order chi connectivity index (χ1) is 34.6. The Bertz CT molecular complexity index is 3750. The van der Waals surface area contributed by atoms with Gasteiger partial charge in [0.05, 0.1) is 23.6 Å². The molecule has 0 aliphatic heterocycles. The number of anilines is 6. The van der Waals surface area contributed by atoms with Crippen LogP contribution in [0.25, 0.3) is 44.5 Å². The Kier molecular flexibility index (Phi) is 7.41. The van der Waals surface area contributed by atoms with Gasteiger partial charge in [-0.25, -0.2) is 0 Å². The van der Waals surface area contributed by atoms with Crippen LogP contribution in [-0.2, 0) is 10.8 Å². The predicted octanol–water partition coefficient (Wildman–Crippen LogP) is 16.9. The van der Waals surface area contributed by atoms with Gasteiger partial charge in [0.2, 0.25) is 0 Å². The van der Waals surface area contributed by atoms with Gasteiger partial charge >= 0.3 is 0 Å². The summed E-state index contributed by atoms with van der Waals surface area (Å²) in [6.07, 6.45) is 0. The lowest BCUT2D eigenvalue weighted by molar-refractivity contribution is 0.660. The molecule has 312 valence electrons. The molecule has 0 N–H and O–H groups in total. The lowest BCUT2D eigenvalue weighted by Gasteiger charge is -2.34. The molecule has 0 radical (unpaired) electrons. The van der Waals surface area contributed by atoms with Crippen molar-refractivity contribution >= 4 is 34.1 Å². The van der Waals surface area contributed by atoms with Crippen LogP contribution in [0.3, 0.4) is 0 Å². The highest BCUT2D eigenvalue weighted by Gasteiger charge is 2.52. The molecule has 0 heterocycles. The number of rotatable bonds is 7. The minimum absolute atomic E-state index is 0.155. The summed E-state index contributed by atoms with van der Waals surface area (Å²) in [7, 11) is 0. The zero-order valence-electron chi connectivity index (χ0n) is 41.6. The summed E-state index contributed by atoms with van der Waals surface area (Å²) >= 11 is 0. The Labute approximate surface area is 394 Å². The molecular formula is C64H46N2. The number of para-hydroxylation sites is 3. The number of hydrogen-bond acceptors (Lipinski definition) is 2. The van der Waals surface area contributed by atoms with Gasteiger partial charge < -0.3 is 9.80 Å². The normalized spacial score (nSPS) is 16.4. The summed E-state index contributed by atoms with van der Waals surface area (Å²) in [4.78, 5) is 4.61. The van der Waals surface area contributed by atoms with Crippen LogP contribution in [0.2, 0.25) is 0 Å². The van der Waals surface area contributed by atoms with Gasteiger partial charge in [-0.3, -0.25) is 0 Å². The van der Waals surface area contributed by atoms with E-state index in [1.807, 2.05) is 24.3 Å². The van der Waals surface area contributed by atoms with Crippen molar-refractivity contribution in [2.75, 3.05) is 9.80 Å². The molecule has 0 fully saturated rings. The van der Waals surface area contributed by atoms with Crippen molar-refractivity contribution in [3.05, 3.63) is 276 Å². The maximum absolute atomic E-state index is 9.28. The molecule has 3 aliphatic rings. The number of fused-ring (bicyclic) bond motifs is 13. The van der Waals surface area contributed by atoms with Crippen molar-refractivity contribution in [2.24, 2.45) is 0 Å². The molecule has 1 unspecified atom stereocenters. The minimum Gasteiger partial charge on any atom is -0.310 e. The zero-order valence-corrected chi connectivity index (χ0v) is 36.6. The van der Waals surface area contributed by atoms with E-state index in [2.05, 4.69) is 212 Å². The first kappa shape index (κ1) is 33.3. The van der Waals surface area contributed by atoms with Gasteiger partial charge in [0.1, 0.15) is 0 Å². The standard InChI is InChI=1S/C64H46N2/c1-63(2)54-31-16-14-30-53(54)62-57(63)34-20-36-61(62)66(60-35-19-15-27-48(60)43-21-6-3-7-22-43)47-38-40-52-50-29-13-18-33-56(50)64(59(52)42-47)55-32-17-12-28-49(55)51-39-37-46(41-58(51)64)65(44-23-8-4-9-24-44)45-25-10-5-11-26-45/h3-42H,1-2H3/i3D,6D,7D,21D,22D. The van der Waals surface area contributed by atoms with Crippen LogP contribution in [0.1, 0.15) is 54.1 Å². The van der Waals surface area contributed by atoms with Gasteiger partial charge in [-0.2, -0.15) is 0 Å². The highest BCUT2D eigenvalue weighted by molar-refractivity contribution is 6.01. The first-order valence-corrected chi connectivity index (χ1v) is 22.7. The van der Waals surface area contributed by atoms with Gasteiger partial charge in [-0.1, -0.05) is 196 Å². The van der Waals surface area contributed by atoms with Crippen LogP contribution in [0.15, 0.2) is 243 Å². The largest absolute Gasteiger partial charge is 0.310 e. The summed E-state index contributed by atoms with van der Waals surface area (Å²) in [5, 5.41) is 0. The molecule has 1 spiro atoms. The topological polar surface area (TPSA) is 6.48 Å². The second kappa shape index (κ2) is 14.7. The lowest BCUT2D eigenvalue weighted by Crippen LogP contribution is -2.26. The molecule has 1 atom stereocenters. The smallest absolute Gasteiger partial charge is 0.0727 e. The van der Waals surface area contributed by atoms with Crippen molar-refractivity contribution in [3.8, 4) is 44.5 Å². The van der Waals surface area contributed by atoms with E-state index in [1.54, 1.807) is 0 Å². The molecule has 0 amide bonds. The highest BCUT2D eigenvalue weighted by atomic mass is 15.2. The summed E-state index contributed by atoms with van der Waals surface area (Å²) in [5.74, 6) is 0. The first-order valence-electron chi connectivity index (χ1n) is 25.2. The number of benzene rings is 10. The van der Waals surface area contributed by atoms with Crippen LogP contribution in [0.4, 0.5) is 34.1 Å². The van der Waals surface area contributed by atoms with E-state index in [0.717, 1.165) is 50.7 Å². The van der Waals surface area contributed by atoms with Crippen LogP contribution < -0.4 is 9.80 Å². The molecule has 2 heteroatoms. The van der Waals surface area contributed by atoms with E-state index >= 15 is 0 Å². The number of nitrogens with zero attached hydrogens (tertiary/aromatic N) is 2. The van der Waals surface area contributed by atoms with Gasteiger partial charge in [0, 0.05) is 39.3 Å². The molecule has 66 heavy (non-hydrogen) atoms. The monoisotopic (exact) mass is 847 g/mol. The molecule has 0 saturated heterocycles. The summed E-state index contributed by atoms with van der Waals surface area (Å²) in [6, 6.07) is 73.9. The Hall–Kier alpha value is -8.20. The summed E-state index contributed by atoms with van der Waals surface area (Å²) in [5.41, 5.74) is 19.5. The van der Waals surface area contributed by atoms with Crippen LogP contribution >= 0.6 is 0 Å². The fraction of sp³-hybridized carbons (Fsp3) is 0.0625. The lowest BCUT2D eigenvalue weighted by atomic mass is 9.70. The Morgan fingerprint density at radius 2 is 0.788 bits per heavy atom. The fourth-order valence-corrected chi connectivity index (χ4v) is 11.6. The Balaban J connectivity index is 1.12. The van der Waals surface area contributed by atoms with E-state index in [1.165, 1.54) is 44.5 Å². The fourth-order valence-electron chi connectivity index (χ4n) is 11.6. The summed E-state index contributed by atoms with van der Waals surface area (Å²) < 4.78 is 44.7. The van der Waals surface area contributed by atoms with Crippen LogP contribution in [-0.4, -0.2) is 0 Å². The Morgan fingerprint density at radius 1 is 0.333 bits per heavy atom. The quantitative estimate of drug-likeness (QED) is 0.158. The van der Waals surface area contributed by atoms with Crippen molar-refractivity contribution in [1.29, 1.82) is 0 Å². The van der Waals surface area contributed by atoms with E-state index in [-0.39, 0.29) is 35.1 Å². The third kappa shape index (κ3) is 5.42. The van der Waals surface area contributed by atoms with Crippen molar-refractivity contribution in [2.45, 2.75) is 24.7 Å². The third-order valence-corrected chi connectivity index (χ3v) is 14.3. The molecule has 13 rings (SSSR count). The van der Waals surface area contributed by atoms with Crippen molar-refractivity contribution < 1.29 is 6.85 Å². The SMILES string of the molecule is [2H]c1c([2H])c([2H])c(-c2ccccc2N(c2ccc3c(c2)C2(c4ccccc4-c4ccc(N(c5ccccc5)c5ccccc5)cc42)c2ccccc2-3)c2cccc3c2-c2ccccc2C3(C)C)c([2H])c1[2H]. The molecule has 0 saturated carbocycles. The molecule has 10 aromatic rings. The molecule has 0 bridgehead atoms. The van der Waals surface area contributed by atoms with E-state index in [0.29, 0.717) is 11.3 Å².